The Morgan fingerprint density at radius 3 is 2.62 bits per heavy atom. The summed E-state index contributed by atoms with van der Waals surface area (Å²) >= 11 is 5.94. The fraction of sp³-hybridized carbons (Fsp3) is 0.294. The van der Waals surface area contributed by atoms with E-state index in [0.29, 0.717) is 6.42 Å². The highest BCUT2D eigenvalue weighted by Crippen LogP contribution is 2.17. The van der Waals surface area contributed by atoms with Crippen molar-refractivity contribution in [3.05, 3.63) is 47.1 Å². The van der Waals surface area contributed by atoms with Crippen molar-refractivity contribution in [1.29, 1.82) is 0 Å². The van der Waals surface area contributed by atoms with E-state index in [1.807, 2.05) is 6.92 Å². The summed E-state index contributed by atoms with van der Waals surface area (Å²) in [5.41, 5.74) is 4.96. The molecule has 5 amide bonds. The molecule has 2 rings (SSSR count). The molecule has 0 unspecified atom stereocenters. The minimum absolute atomic E-state index is 0.0538. The van der Waals surface area contributed by atoms with Crippen molar-refractivity contribution in [2.75, 3.05) is 6.54 Å². The van der Waals surface area contributed by atoms with Gasteiger partial charge in [-0.15, -0.1) is 0 Å². The lowest BCUT2D eigenvalue weighted by molar-refractivity contribution is -0.141. The van der Waals surface area contributed by atoms with Gasteiger partial charge in [0.1, 0.15) is 0 Å². The fourth-order valence-corrected chi connectivity index (χ4v) is 2.59. The molecule has 8 nitrogen and oxygen atoms in total. The molecule has 3 N–H and O–H groups in total. The Hall–Kier alpha value is -2.87. The molecule has 1 fully saturated rings. The van der Waals surface area contributed by atoms with Crippen LogP contribution in [0.25, 0.3) is 0 Å². The number of carbonyl (C=O) groups excluding carboxylic acids is 4. The van der Waals surface area contributed by atoms with Crippen molar-refractivity contribution in [3.63, 3.8) is 0 Å². The lowest BCUT2D eigenvalue weighted by atomic mass is 10.0. The number of nitrogens with zero attached hydrogens (tertiary/aromatic N) is 1. The number of hydrogen-bond donors (Lipinski definition) is 3. The highest BCUT2D eigenvalue weighted by Gasteiger charge is 2.41. The minimum Gasteiger partial charge on any atom is -0.302 e. The zero-order valence-electron chi connectivity index (χ0n) is 14.2. The summed E-state index contributed by atoms with van der Waals surface area (Å²) in [7, 11) is 0. The molecule has 1 heterocycles. The van der Waals surface area contributed by atoms with Gasteiger partial charge in [0, 0.05) is 12.2 Å². The van der Waals surface area contributed by atoms with Crippen LogP contribution in [0.2, 0.25) is 5.02 Å². The van der Waals surface area contributed by atoms with Crippen molar-refractivity contribution >= 4 is 35.4 Å². The molecule has 9 heteroatoms. The number of hydrazine groups is 1. The standard InChI is InChI=1S/C17H19ClN4O4/c1-3-4-9-22-16(25)13(15(24)19-17(22)26)10(2)20-21-14(23)11-7-5-6-8-12(11)18/h5-8,13,20H,2-4,9H2,1H3,(H,21,23)(H,19,24,26)/t13-/m0/s1. The van der Waals surface area contributed by atoms with Gasteiger partial charge in [-0.3, -0.25) is 30.0 Å². The Labute approximate surface area is 155 Å². The summed E-state index contributed by atoms with van der Waals surface area (Å²) in [6.45, 7) is 5.74. The summed E-state index contributed by atoms with van der Waals surface area (Å²) < 4.78 is 0. The van der Waals surface area contributed by atoms with Crippen LogP contribution >= 0.6 is 11.6 Å². The summed E-state index contributed by atoms with van der Waals surface area (Å²) in [4.78, 5) is 49.4. The summed E-state index contributed by atoms with van der Waals surface area (Å²) in [5.74, 6) is -3.36. The Kier molecular flexibility index (Phi) is 6.35. The summed E-state index contributed by atoms with van der Waals surface area (Å²) in [5, 5.41) is 2.37. The largest absolute Gasteiger partial charge is 0.330 e. The normalized spacial score (nSPS) is 16.9. The summed E-state index contributed by atoms with van der Waals surface area (Å²) in [6, 6.07) is 5.65. The Balaban J connectivity index is 2.04. The van der Waals surface area contributed by atoms with Crippen LogP contribution in [0.4, 0.5) is 4.79 Å². The molecule has 0 saturated carbocycles. The van der Waals surface area contributed by atoms with E-state index < -0.39 is 29.7 Å². The lowest BCUT2D eigenvalue weighted by Gasteiger charge is -2.31. The van der Waals surface area contributed by atoms with Gasteiger partial charge < -0.3 is 5.43 Å². The van der Waals surface area contributed by atoms with Gasteiger partial charge in [0.05, 0.1) is 10.6 Å². The molecule has 0 spiro atoms. The van der Waals surface area contributed by atoms with Crippen LogP contribution in [-0.4, -0.2) is 35.2 Å². The maximum atomic E-state index is 12.5. The number of amides is 5. The smallest absolute Gasteiger partial charge is 0.302 e. The molecule has 1 aromatic rings. The van der Waals surface area contributed by atoms with Gasteiger partial charge in [-0.1, -0.05) is 43.7 Å². The Morgan fingerprint density at radius 2 is 1.96 bits per heavy atom. The van der Waals surface area contributed by atoms with Crippen molar-refractivity contribution in [1.82, 2.24) is 21.1 Å². The number of rotatable bonds is 7. The number of urea groups is 1. The molecule has 1 saturated heterocycles. The van der Waals surface area contributed by atoms with E-state index in [4.69, 9.17) is 11.6 Å². The number of imide groups is 2. The molecule has 0 bridgehead atoms. The molecule has 1 atom stereocenters. The topological polar surface area (TPSA) is 108 Å². The third-order valence-electron chi connectivity index (χ3n) is 3.79. The predicted molar refractivity (Wildman–Crippen MR) is 94.8 cm³/mol. The fourth-order valence-electron chi connectivity index (χ4n) is 2.37. The monoisotopic (exact) mass is 378 g/mol. The lowest BCUT2D eigenvalue weighted by Crippen LogP contribution is -2.60. The number of hydrogen-bond acceptors (Lipinski definition) is 5. The van der Waals surface area contributed by atoms with Gasteiger partial charge in [0.2, 0.25) is 11.8 Å². The van der Waals surface area contributed by atoms with Crippen LogP contribution < -0.4 is 16.2 Å². The van der Waals surface area contributed by atoms with Crippen molar-refractivity contribution < 1.29 is 19.2 Å². The van der Waals surface area contributed by atoms with Crippen molar-refractivity contribution in [3.8, 4) is 0 Å². The molecular weight excluding hydrogens is 360 g/mol. The molecule has 1 aliphatic heterocycles. The van der Waals surface area contributed by atoms with Crippen LogP contribution in [0.3, 0.4) is 0 Å². The van der Waals surface area contributed by atoms with Crippen molar-refractivity contribution in [2.24, 2.45) is 5.92 Å². The zero-order valence-corrected chi connectivity index (χ0v) is 14.9. The second-order valence-electron chi connectivity index (χ2n) is 5.66. The average Bonchev–Trinajstić information content (AvgIpc) is 2.59. The first-order chi connectivity index (χ1) is 12.4. The molecule has 1 aliphatic rings. The van der Waals surface area contributed by atoms with E-state index in [1.54, 1.807) is 18.2 Å². The number of halogens is 1. The molecular formula is C17H19ClN4O4. The van der Waals surface area contributed by atoms with E-state index in [9.17, 15) is 19.2 Å². The number of unbranched alkanes of at least 4 members (excludes halogenated alkanes) is 1. The molecule has 1 aromatic carbocycles. The van der Waals surface area contributed by atoms with Gasteiger partial charge in [0.25, 0.3) is 5.91 Å². The maximum absolute atomic E-state index is 12.5. The highest BCUT2D eigenvalue weighted by atomic mass is 35.5. The summed E-state index contributed by atoms with van der Waals surface area (Å²) in [6.07, 6.45) is 1.39. The molecule has 0 radical (unpaired) electrons. The maximum Gasteiger partial charge on any atom is 0.330 e. The Bertz CT molecular complexity index is 765. The SMILES string of the molecule is C=C(NNC(=O)c1ccccc1Cl)[C@H]1C(=O)NC(=O)N(CCCC)C1=O. The van der Waals surface area contributed by atoms with Gasteiger partial charge in [-0.2, -0.15) is 0 Å². The third-order valence-corrected chi connectivity index (χ3v) is 4.12. The first kappa shape index (κ1) is 19.5. The molecule has 0 aromatic heterocycles. The average molecular weight is 379 g/mol. The number of nitrogens with one attached hydrogen (secondary N) is 3. The third kappa shape index (κ3) is 4.20. The van der Waals surface area contributed by atoms with Crippen LogP contribution in [0.15, 0.2) is 36.5 Å². The highest BCUT2D eigenvalue weighted by molar-refractivity contribution is 6.33. The number of barbiturate groups is 1. The van der Waals surface area contributed by atoms with Gasteiger partial charge in [-0.25, -0.2) is 4.79 Å². The van der Waals surface area contributed by atoms with Crippen LogP contribution in [0.1, 0.15) is 30.1 Å². The van der Waals surface area contributed by atoms with E-state index in [-0.39, 0.29) is 22.8 Å². The number of carbonyl (C=O) groups is 4. The first-order valence-corrected chi connectivity index (χ1v) is 8.40. The van der Waals surface area contributed by atoms with Crippen LogP contribution in [0.5, 0.6) is 0 Å². The second kappa shape index (κ2) is 8.48. The second-order valence-corrected chi connectivity index (χ2v) is 6.06. The zero-order chi connectivity index (χ0) is 19.3. The Morgan fingerprint density at radius 1 is 1.27 bits per heavy atom. The van der Waals surface area contributed by atoms with Crippen LogP contribution in [-0.2, 0) is 9.59 Å². The van der Waals surface area contributed by atoms with Gasteiger partial charge in [-0.05, 0) is 18.6 Å². The molecule has 26 heavy (non-hydrogen) atoms. The van der Waals surface area contributed by atoms with E-state index in [1.165, 1.54) is 6.07 Å². The first-order valence-electron chi connectivity index (χ1n) is 8.02. The van der Waals surface area contributed by atoms with E-state index >= 15 is 0 Å². The van der Waals surface area contributed by atoms with Gasteiger partial charge in [0.15, 0.2) is 5.92 Å². The van der Waals surface area contributed by atoms with E-state index in [0.717, 1.165) is 11.3 Å². The van der Waals surface area contributed by atoms with Gasteiger partial charge >= 0.3 is 6.03 Å². The molecule has 0 aliphatic carbocycles. The quantitative estimate of drug-likeness (QED) is 0.493. The molecule has 138 valence electrons. The minimum atomic E-state index is -1.32. The number of benzene rings is 1. The van der Waals surface area contributed by atoms with E-state index in [2.05, 4.69) is 22.7 Å². The predicted octanol–water partition coefficient (Wildman–Crippen LogP) is 1.58. The van der Waals surface area contributed by atoms with Crippen molar-refractivity contribution in [2.45, 2.75) is 19.8 Å². The van der Waals surface area contributed by atoms with Crippen LogP contribution in [0, 0.1) is 5.92 Å².